The predicted molar refractivity (Wildman–Crippen MR) is 75.8 cm³/mol. The summed E-state index contributed by atoms with van der Waals surface area (Å²) >= 11 is 0. The van der Waals surface area contributed by atoms with Gasteiger partial charge in [0.15, 0.2) is 0 Å². The number of likely N-dealkylation sites (N-methyl/N-ethyl adjacent to an activating group) is 1. The smallest absolute Gasteiger partial charge is 0.325 e. The standard InChI is InChI=1S/C15H21NO4/c1-15(2,3)11-7-5-10(6-8-11)13(14(19)20)16(4)9-12(17)18/h5-8,13H,9H2,1-4H3,(H,17,18)(H,19,20). The second kappa shape index (κ2) is 6.05. The molecule has 5 heteroatoms. The van der Waals surface area contributed by atoms with Crippen LogP contribution >= 0.6 is 0 Å². The van der Waals surface area contributed by atoms with Gasteiger partial charge >= 0.3 is 11.9 Å². The van der Waals surface area contributed by atoms with Gasteiger partial charge in [-0.1, -0.05) is 45.0 Å². The Bertz CT molecular complexity index is 488. The predicted octanol–water partition coefficient (Wildman–Crippen LogP) is 2.13. The minimum atomic E-state index is -1.06. The molecule has 0 saturated heterocycles. The van der Waals surface area contributed by atoms with Crippen molar-refractivity contribution in [2.75, 3.05) is 13.6 Å². The van der Waals surface area contributed by atoms with Crippen LogP contribution in [0.25, 0.3) is 0 Å². The van der Waals surface area contributed by atoms with Gasteiger partial charge in [0.2, 0.25) is 0 Å². The summed E-state index contributed by atoms with van der Waals surface area (Å²) in [5.74, 6) is -2.11. The first-order valence-corrected chi connectivity index (χ1v) is 6.38. The molecule has 0 aliphatic heterocycles. The Morgan fingerprint density at radius 1 is 1.15 bits per heavy atom. The van der Waals surface area contributed by atoms with Crippen LogP contribution in [0.1, 0.15) is 37.9 Å². The fourth-order valence-electron chi connectivity index (χ4n) is 2.06. The molecule has 0 saturated carbocycles. The van der Waals surface area contributed by atoms with Gasteiger partial charge in [0, 0.05) is 0 Å². The zero-order valence-electron chi connectivity index (χ0n) is 12.3. The molecule has 0 fully saturated rings. The van der Waals surface area contributed by atoms with E-state index in [-0.39, 0.29) is 12.0 Å². The minimum absolute atomic E-state index is 0.00971. The number of aliphatic carboxylic acids is 2. The lowest BCUT2D eigenvalue weighted by Crippen LogP contribution is -2.34. The summed E-state index contributed by atoms with van der Waals surface area (Å²) in [7, 11) is 1.49. The van der Waals surface area contributed by atoms with E-state index < -0.39 is 18.0 Å². The number of nitrogens with zero attached hydrogens (tertiary/aromatic N) is 1. The molecule has 0 radical (unpaired) electrons. The number of rotatable bonds is 5. The molecule has 0 heterocycles. The molecule has 1 rings (SSSR count). The van der Waals surface area contributed by atoms with Gasteiger partial charge in [-0.05, 0) is 23.6 Å². The Morgan fingerprint density at radius 3 is 2.00 bits per heavy atom. The highest BCUT2D eigenvalue weighted by Gasteiger charge is 2.26. The third kappa shape index (κ3) is 4.06. The highest BCUT2D eigenvalue weighted by molar-refractivity contribution is 5.77. The first-order valence-electron chi connectivity index (χ1n) is 6.38. The fraction of sp³-hybridized carbons (Fsp3) is 0.467. The van der Waals surface area contributed by atoms with E-state index in [0.29, 0.717) is 5.56 Å². The van der Waals surface area contributed by atoms with E-state index in [1.165, 1.54) is 11.9 Å². The molecule has 1 atom stereocenters. The molecule has 0 spiro atoms. The number of hydrogen-bond acceptors (Lipinski definition) is 3. The molecule has 1 aromatic carbocycles. The lowest BCUT2D eigenvalue weighted by atomic mass is 9.86. The Hall–Kier alpha value is -1.88. The summed E-state index contributed by atoms with van der Waals surface area (Å²) in [4.78, 5) is 23.4. The van der Waals surface area contributed by atoms with Crippen LogP contribution in [0.5, 0.6) is 0 Å². The van der Waals surface area contributed by atoms with Crippen molar-refractivity contribution in [2.24, 2.45) is 0 Å². The summed E-state index contributed by atoms with van der Waals surface area (Å²) in [6.07, 6.45) is 0. The van der Waals surface area contributed by atoms with E-state index in [4.69, 9.17) is 5.11 Å². The van der Waals surface area contributed by atoms with E-state index in [9.17, 15) is 14.7 Å². The van der Waals surface area contributed by atoms with Crippen molar-refractivity contribution in [2.45, 2.75) is 32.2 Å². The molecule has 1 unspecified atom stereocenters. The molecular weight excluding hydrogens is 258 g/mol. The maximum Gasteiger partial charge on any atom is 0.325 e. The molecular formula is C15H21NO4. The van der Waals surface area contributed by atoms with Crippen molar-refractivity contribution in [1.82, 2.24) is 4.90 Å². The van der Waals surface area contributed by atoms with Gasteiger partial charge in [-0.15, -0.1) is 0 Å². The monoisotopic (exact) mass is 279 g/mol. The molecule has 1 aromatic rings. The summed E-state index contributed by atoms with van der Waals surface area (Å²) < 4.78 is 0. The van der Waals surface area contributed by atoms with Crippen molar-refractivity contribution in [1.29, 1.82) is 0 Å². The maximum atomic E-state index is 11.4. The summed E-state index contributed by atoms with van der Waals surface area (Å²) in [6, 6.07) is 6.31. The van der Waals surface area contributed by atoms with Crippen LogP contribution in [0.2, 0.25) is 0 Å². The van der Waals surface area contributed by atoms with Crippen LogP contribution in [-0.4, -0.2) is 40.6 Å². The normalized spacial score (nSPS) is 13.2. The van der Waals surface area contributed by atoms with E-state index in [2.05, 4.69) is 20.8 Å². The van der Waals surface area contributed by atoms with Crippen LogP contribution in [0.3, 0.4) is 0 Å². The van der Waals surface area contributed by atoms with Crippen molar-refractivity contribution in [3.05, 3.63) is 35.4 Å². The maximum absolute atomic E-state index is 11.4. The van der Waals surface area contributed by atoms with Crippen molar-refractivity contribution in [3.8, 4) is 0 Å². The number of carbonyl (C=O) groups is 2. The molecule has 110 valence electrons. The first kappa shape index (κ1) is 16.2. The molecule has 0 aliphatic carbocycles. The number of carboxylic acid groups (broad SMARTS) is 2. The second-order valence-corrected chi connectivity index (χ2v) is 5.92. The van der Waals surface area contributed by atoms with E-state index in [1.807, 2.05) is 12.1 Å². The summed E-state index contributed by atoms with van der Waals surface area (Å²) in [5.41, 5.74) is 1.67. The number of carboxylic acids is 2. The third-order valence-corrected chi connectivity index (χ3v) is 3.15. The Kier molecular flexibility index (Phi) is 4.89. The molecule has 0 aliphatic rings. The quantitative estimate of drug-likeness (QED) is 0.863. The van der Waals surface area contributed by atoms with Crippen LogP contribution in [0.15, 0.2) is 24.3 Å². The third-order valence-electron chi connectivity index (χ3n) is 3.15. The van der Waals surface area contributed by atoms with Gasteiger partial charge < -0.3 is 10.2 Å². The molecule has 5 nitrogen and oxygen atoms in total. The SMILES string of the molecule is CN(CC(=O)O)C(C(=O)O)c1ccc(C(C)(C)C)cc1. The van der Waals surface area contributed by atoms with Gasteiger partial charge in [-0.2, -0.15) is 0 Å². The minimum Gasteiger partial charge on any atom is -0.480 e. The number of hydrogen-bond donors (Lipinski definition) is 2. The topological polar surface area (TPSA) is 77.8 Å². The van der Waals surface area contributed by atoms with Gasteiger partial charge in [0.1, 0.15) is 6.04 Å². The molecule has 0 bridgehead atoms. The first-order chi connectivity index (χ1) is 9.12. The highest BCUT2D eigenvalue weighted by atomic mass is 16.4. The highest BCUT2D eigenvalue weighted by Crippen LogP contribution is 2.25. The average molecular weight is 279 g/mol. The Labute approximate surface area is 118 Å². The van der Waals surface area contributed by atoms with Gasteiger partial charge in [-0.25, -0.2) is 0 Å². The van der Waals surface area contributed by atoms with Gasteiger partial charge in [-0.3, -0.25) is 14.5 Å². The van der Waals surface area contributed by atoms with Crippen LogP contribution in [0, 0.1) is 0 Å². The molecule has 2 N–H and O–H groups in total. The van der Waals surface area contributed by atoms with Crippen molar-refractivity contribution < 1.29 is 19.8 Å². The molecule has 0 aromatic heterocycles. The van der Waals surface area contributed by atoms with Gasteiger partial charge in [0.05, 0.1) is 6.54 Å². The second-order valence-electron chi connectivity index (χ2n) is 5.92. The zero-order chi connectivity index (χ0) is 15.5. The van der Waals surface area contributed by atoms with Gasteiger partial charge in [0.25, 0.3) is 0 Å². The van der Waals surface area contributed by atoms with E-state index in [1.54, 1.807) is 12.1 Å². The summed E-state index contributed by atoms with van der Waals surface area (Å²) in [5, 5.41) is 18.1. The lowest BCUT2D eigenvalue weighted by Gasteiger charge is -2.24. The van der Waals surface area contributed by atoms with E-state index in [0.717, 1.165) is 5.56 Å². The molecule has 20 heavy (non-hydrogen) atoms. The molecule has 0 amide bonds. The van der Waals surface area contributed by atoms with Crippen LogP contribution < -0.4 is 0 Å². The van der Waals surface area contributed by atoms with Crippen molar-refractivity contribution in [3.63, 3.8) is 0 Å². The van der Waals surface area contributed by atoms with Crippen LogP contribution in [-0.2, 0) is 15.0 Å². The van der Waals surface area contributed by atoms with E-state index >= 15 is 0 Å². The van der Waals surface area contributed by atoms with Crippen LogP contribution in [0.4, 0.5) is 0 Å². The fourth-order valence-corrected chi connectivity index (χ4v) is 2.06. The number of benzene rings is 1. The Morgan fingerprint density at radius 2 is 1.65 bits per heavy atom. The van der Waals surface area contributed by atoms with Crippen molar-refractivity contribution >= 4 is 11.9 Å². The zero-order valence-corrected chi connectivity index (χ0v) is 12.3. The lowest BCUT2D eigenvalue weighted by molar-refractivity contribution is -0.145. The Balaban J connectivity index is 3.04. The largest absolute Gasteiger partial charge is 0.480 e. The summed E-state index contributed by atoms with van der Waals surface area (Å²) in [6.45, 7) is 5.91. The average Bonchev–Trinajstić information content (AvgIpc) is 2.26.